The average molecular weight is 393 g/mol. The molecule has 0 saturated heterocycles. The summed E-state index contributed by atoms with van der Waals surface area (Å²) in [7, 11) is 0. The van der Waals surface area contributed by atoms with E-state index in [1.807, 2.05) is 13.8 Å². The van der Waals surface area contributed by atoms with Crippen molar-refractivity contribution < 1.29 is 14.0 Å². The van der Waals surface area contributed by atoms with Crippen molar-refractivity contribution in [1.82, 2.24) is 5.32 Å². The monoisotopic (exact) mass is 392 g/mol. The third kappa shape index (κ3) is 5.45. The predicted molar refractivity (Wildman–Crippen MR) is 95.5 cm³/mol. The first kappa shape index (κ1) is 18.1. The minimum Gasteiger partial charge on any atom is -0.354 e. The van der Waals surface area contributed by atoms with Gasteiger partial charge in [0, 0.05) is 21.8 Å². The number of nitrogens with one attached hydrogen (secondary N) is 2. The molecule has 24 heavy (non-hydrogen) atoms. The highest BCUT2D eigenvalue weighted by molar-refractivity contribution is 9.10. The maximum Gasteiger partial charge on any atom is 0.255 e. The average Bonchev–Trinajstić information content (AvgIpc) is 2.47. The number of carbonyl (C=O) groups excluding carboxylic acids is 2. The Balaban J connectivity index is 2.00. The molecule has 2 aromatic carbocycles. The molecule has 126 valence electrons. The van der Waals surface area contributed by atoms with Crippen LogP contribution in [0.1, 0.15) is 29.8 Å². The zero-order valence-corrected chi connectivity index (χ0v) is 15.0. The molecule has 0 saturated carbocycles. The van der Waals surface area contributed by atoms with Crippen molar-refractivity contribution >= 4 is 33.4 Å². The van der Waals surface area contributed by atoms with Gasteiger partial charge in [-0.25, -0.2) is 4.39 Å². The van der Waals surface area contributed by atoms with Gasteiger partial charge in [-0.15, -0.1) is 0 Å². The number of hydrogen-bond acceptors (Lipinski definition) is 2. The summed E-state index contributed by atoms with van der Waals surface area (Å²) in [5.41, 5.74) is 1.65. The maximum absolute atomic E-state index is 13.3. The normalized spacial score (nSPS) is 10.5. The first-order valence-corrected chi connectivity index (χ1v) is 8.28. The van der Waals surface area contributed by atoms with Crippen LogP contribution < -0.4 is 10.6 Å². The minimum absolute atomic E-state index is 0.0496. The molecule has 0 aliphatic carbocycles. The second-order valence-corrected chi connectivity index (χ2v) is 6.62. The Morgan fingerprint density at radius 3 is 2.38 bits per heavy atom. The topological polar surface area (TPSA) is 58.2 Å². The molecule has 2 amide bonds. The largest absolute Gasteiger partial charge is 0.354 e. The van der Waals surface area contributed by atoms with E-state index in [9.17, 15) is 14.0 Å². The molecule has 0 heterocycles. The van der Waals surface area contributed by atoms with E-state index in [1.165, 1.54) is 12.1 Å². The van der Waals surface area contributed by atoms with Crippen molar-refractivity contribution in [2.75, 3.05) is 5.32 Å². The number of amides is 2. The minimum atomic E-state index is -0.485. The van der Waals surface area contributed by atoms with Gasteiger partial charge in [-0.05, 0) is 49.7 Å². The summed E-state index contributed by atoms with van der Waals surface area (Å²) in [6.07, 6.45) is 0.281. The number of hydrogen-bond donors (Lipinski definition) is 2. The molecular formula is C18H18BrFN2O2. The van der Waals surface area contributed by atoms with Gasteiger partial charge in [0.2, 0.25) is 5.91 Å². The molecule has 0 bridgehead atoms. The molecule has 0 radical (unpaired) electrons. The van der Waals surface area contributed by atoms with Crippen molar-refractivity contribution in [3.63, 3.8) is 0 Å². The summed E-state index contributed by atoms with van der Waals surface area (Å²) in [6, 6.07) is 11.1. The van der Waals surface area contributed by atoms with Crippen LogP contribution >= 0.6 is 15.9 Å². The Morgan fingerprint density at radius 2 is 1.79 bits per heavy atom. The van der Waals surface area contributed by atoms with Crippen molar-refractivity contribution in [2.45, 2.75) is 26.3 Å². The van der Waals surface area contributed by atoms with Gasteiger partial charge in [0.25, 0.3) is 5.91 Å². The molecule has 6 heteroatoms. The lowest BCUT2D eigenvalue weighted by Crippen LogP contribution is -2.31. The van der Waals surface area contributed by atoms with E-state index in [4.69, 9.17) is 0 Å². The van der Waals surface area contributed by atoms with Gasteiger partial charge < -0.3 is 10.6 Å². The third-order valence-electron chi connectivity index (χ3n) is 3.15. The van der Waals surface area contributed by atoms with Gasteiger partial charge in [-0.2, -0.15) is 0 Å². The first-order chi connectivity index (χ1) is 11.3. The smallest absolute Gasteiger partial charge is 0.255 e. The molecule has 4 nitrogen and oxygen atoms in total. The lowest BCUT2D eigenvalue weighted by Gasteiger charge is -2.09. The Hall–Kier alpha value is -2.21. The van der Waals surface area contributed by atoms with Gasteiger partial charge >= 0.3 is 0 Å². The lowest BCUT2D eigenvalue weighted by molar-refractivity contribution is -0.120. The number of benzene rings is 2. The SMILES string of the molecule is CC(C)NC(=O)Cc1ccc(NC(=O)c2cc(F)cc(Br)c2)cc1. The maximum atomic E-state index is 13.3. The summed E-state index contributed by atoms with van der Waals surface area (Å²) in [4.78, 5) is 23.9. The van der Waals surface area contributed by atoms with E-state index in [1.54, 1.807) is 30.3 Å². The third-order valence-corrected chi connectivity index (χ3v) is 3.61. The zero-order chi connectivity index (χ0) is 17.7. The number of rotatable bonds is 5. The second kappa shape index (κ2) is 8.06. The van der Waals surface area contributed by atoms with Crippen LogP contribution in [-0.4, -0.2) is 17.9 Å². The molecule has 0 unspecified atom stereocenters. The van der Waals surface area contributed by atoms with E-state index in [-0.39, 0.29) is 23.9 Å². The number of halogens is 2. The lowest BCUT2D eigenvalue weighted by atomic mass is 10.1. The van der Waals surface area contributed by atoms with Gasteiger partial charge in [0.05, 0.1) is 6.42 Å². The number of anilines is 1. The Kier molecular flexibility index (Phi) is 6.09. The highest BCUT2D eigenvalue weighted by Crippen LogP contribution is 2.17. The van der Waals surface area contributed by atoms with E-state index in [2.05, 4.69) is 26.6 Å². The standard InChI is InChI=1S/C18H18BrFN2O2/c1-11(2)21-17(23)7-12-3-5-16(6-4-12)22-18(24)13-8-14(19)10-15(20)9-13/h3-6,8-11H,7H2,1-2H3,(H,21,23)(H,22,24). The zero-order valence-electron chi connectivity index (χ0n) is 13.4. The fourth-order valence-electron chi connectivity index (χ4n) is 2.15. The van der Waals surface area contributed by atoms with Crippen LogP contribution in [0.5, 0.6) is 0 Å². The molecule has 2 aromatic rings. The highest BCUT2D eigenvalue weighted by Gasteiger charge is 2.09. The van der Waals surface area contributed by atoms with Crippen LogP contribution in [0.2, 0.25) is 0 Å². The van der Waals surface area contributed by atoms with Crippen molar-refractivity contribution in [3.05, 3.63) is 63.9 Å². The van der Waals surface area contributed by atoms with Gasteiger partial charge in [-0.1, -0.05) is 28.1 Å². The van der Waals surface area contributed by atoms with Crippen molar-refractivity contribution in [2.24, 2.45) is 0 Å². The summed E-state index contributed by atoms with van der Waals surface area (Å²) < 4.78 is 13.8. The Morgan fingerprint density at radius 1 is 1.12 bits per heavy atom. The predicted octanol–water partition coefficient (Wildman–Crippen LogP) is 3.91. The fraction of sp³-hybridized carbons (Fsp3) is 0.222. The van der Waals surface area contributed by atoms with Gasteiger partial charge in [0.15, 0.2) is 0 Å². The fourth-order valence-corrected chi connectivity index (χ4v) is 2.62. The molecule has 0 atom stereocenters. The molecule has 0 aliphatic heterocycles. The summed E-state index contributed by atoms with van der Waals surface area (Å²) in [5, 5.41) is 5.52. The molecule has 2 rings (SSSR count). The Labute approximate surface area is 148 Å². The molecule has 2 N–H and O–H groups in total. The van der Waals surface area contributed by atoms with Crippen LogP contribution in [0.4, 0.5) is 10.1 Å². The molecule has 0 fully saturated rings. The van der Waals surface area contributed by atoms with Crippen LogP contribution in [0, 0.1) is 5.82 Å². The van der Waals surface area contributed by atoms with Gasteiger partial charge in [-0.3, -0.25) is 9.59 Å². The van der Waals surface area contributed by atoms with Crippen LogP contribution in [-0.2, 0) is 11.2 Å². The second-order valence-electron chi connectivity index (χ2n) is 5.71. The van der Waals surface area contributed by atoms with Gasteiger partial charge in [0.1, 0.15) is 5.82 Å². The summed E-state index contributed by atoms with van der Waals surface area (Å²) in [5.74, 6) is -0.937. The van der Waals surface area contributed by atoms with Crippen LogP contribution in [0.15, 0.2) is 46.9 Å². The molecule has 0 spiro atoms. The van der Waals surface area contributed by atoms with Crippen molar-refractivity contribution in [1.29, 1.82) is 0 Å². The van der Waals surface area contributed by atoms with Crippen LogP contribution in [0.25, 0.3) is 0 Å². The first-order valence-electron chi connectivity index (χ1n) is 7.49. The molecule has 0 aliphatic rings. The summed E-state index contributed by atoms with van der Waals surface area (Å²) >= 11 is 3.16. The summed E-state index contributed by atoms with van der Waals surface area (Å²) in [6.45, 7) is 3.81. The van der Waals surface area contributed by atoms with Crippen molar-refractivity contribution in [3.8, 4) is 0 Å². The van der Waals surface area contributed by atoms with E-state index in [0.29, 0.717) is 10.2 Å². The van der Waals surface area contributed by atoms with E-state index < -0.39 is 11.7 Å². The Bertz CT molecular complexity index is 725. The molecular weight excluding hydrogens is 375 g/mol. The van der Waals surface area contributed by atoms with E-state index >= 15 is 0 Å². The quantitative estimate of drug-likeness (QED) is 0.810. The number of carbonyl (C=O) groups is 2. The van der Waals surface area contributed by atoms with E-state index in [0.717, 1.165) is 5.56 Å². The molecule has 0 aromatic heterocycles. The van der Waals surface area contributed by atoms with Crippen LogP contribution in [0.3, 0.4) is 0 Å². The highest BCUT2D eigenvalue weighted by atomic mass is 79.9.